The zero-order valence-corrected chi connectivity index (χ0v) is 12.0. The lowest BCUT2D eigenvalue weighted by Gasteiger charge is -2.33. The van der Waals surface area contributed by atoms with Gasteiger partial charge in [-0.05, 0) is 24.6 Å². The maximum atomic E-state index is 13.0. The molecule has 0 radical (unpaired) electrons. The largest absolute Gasteiger partial charge is 0.433 e. The first kappa shape index (κ1) is 14.6. The van der Waals surface area contributed by atoms with Gasteiger partial charge >= 0.3 is 6.18 Å². The van der Waals surface area contributed by atoms with Crippen LogP contribution in [0.3, 0.4) is 0 Å². The topological polar surface area (TPSA) is 41.1 Å². The molecule has 7 heteroatoms. The van der Waals surface area contributed by atoms with Gasteiger partial charge in [0.15, 0.2) is 12.0 Å². The molecule has 0 bridgehead atoms. The van der Waals surface area contributed by atoms with Crippen molar-refractivity contribution in [2.75, 3.05) is 12.0 Å². The second-order valence-corrected chi connectivity index (χ2v) is 4.96. The number of ether oxygens (including phenoxy) is 1. The van der Waals surface area contributed by atoms with Gasteiger partial charge in [0, 0.05) is 12.7 Å². The Bertz CT molecular complexity index is 721. The number of benzene rings is 1. The van der Waals surface area contributed by atoms with E-state index in [1.54, 1.807) is 11.0 Å². The average Bonchev–Trinajstić information content (AvgIpc) is 2.87. The van der Waals surface area contributed by atoms with Gasteiger partial charge in [0.05, 0.1) is 5.69 Å². The summed E-state index contributed by atoms with van der Waals surface area (Å²) in [6, 6.07) is 7.40. The Kier molecular flexibility index (Phi) is 3.44. The van der Waals surface area contributed by atoms with E-state index in [-0.39, 0.29) is 11.4 Å². The molecule has 2 aromatic rings. The molecule has 22 heavy (non-hydrogen) atoms. The van der Waals surface area contributed by atoms with Crippen LogP contribution in [0.5, 0.6) is 0 Å². The van der Waals surface area contributed by atoms with Gasteiger partial charge in [0.25, 0.3) is 0 Å². The minimum atomic E-state index is -4.47. The molecule has 4 nitrogen and oxygen atoms in total. The number of alkyl halides is 3. The average molecular weight is 309 g/mol. The molecule has 0 aliphatic carbocycles. The van der Waals surface area contributed by atoms with Crippen LogP contribution in [-0.2, 0) is 10.9 Å². The fourth-order valence-electron chi connectivity index (χ4n) is 2.57. The third-order valence-electron chi connectivity index (χ3n) is 3.63. The van der Waals surface area contributed by atoms with Crippen molar-refractivity contribution in [2.45, 2.75) is 19.3 Å². The summed E-state index contributed by atoms with van der Waals surface area (Å²) in [6.07, 6.45) is -1.32. The van der Waals surface area contributed by atoms with Crippen molar-refractivity contribution < 1.29 is 17.9 Å². The second-order valence-electron chi connectivity index (χ2n) is 4.96. The van der Waals surface area contributed by atoms with Gasteiger partial charge in [-0.1, -0.05) is 24.3 Å². The molecule has 1 aromatic heterocycles. The van der Waals surface area contributed by atoms with Crippen LogP contribution in [0.4, 0.5) is 24.7 Å². The number of aromatic nitrogens is 2. The molecule has 0 saturated heterocycles. The number of nitrogens with one attached hydrogen (secondary N) is 1. The molecule has 116 valence electrons. The Morgan fingerprint density at radius 3 is 2.64 bits per heavy atom. The van der Waals surface area contributed by atoms with Gasteiger partial charge in [-0.25, -0.2) is 0 Å². The number of H-pyrrole nitrogens is 1. The maximum Gasteiger partial charge on any atom is 0.433 e. The first-order chi connectivity index (χ1) is 10.4. The number of methoxy groups -OCH3 is 1. The van der Waals surface area contributed by atoms with Crippen molar-refractivity contribution in [3.05, 3.63) is 47.2 Å². The number of hydrogen-bond acceptors (Lipinski definition) is 3. The van der Waals surface area contributed by atoms with Gasteiger partial charge in [-0.3, -0.25) is 10.00 Å². The molecule has 0 spiro atoms. The van der Waals surface area contributed by atoms with Crippen molar-refractivity contribution in [3.8, 4) is 0 Å². The molecule has 1 aliphatic heterocycles. The number of para-hydroxylation sites is 1. The third kappa shape index (κ3) is 2.27. The molecule has 1 N–H and O–H groups in total. The molecule has 1 aromatic carbocycles. The van der Waals surface area contributed by atoms with Gasteiger partial charge in [0.2, 0.25) is 0 Å². The Labute approximate surface area is 125 Å². The lowest BCUT2D eigenvalue weighted by Crippen LogP contribution is -2.34. The Hall–Kier alpha value is -2.28. The predicted octanol–water partition coefficient (Wildman–Crippen LogP) is 3.87. The second kappa shape index (κ2) is 5.17. The number of fused-ring (bicyclic) bond motifs is 1. The zero-order valence-electron chi connectivity index (χ0n) is 12.0. The van der Waals surface area contributed by atoms with Gasteiger partial charge in [0.1, 0.15) is 5.69 Å². The highest BCUT2D eigenvalue weighted by Gasteiger charge is 2.38. The lowest BCUT2D eigenvalue weighted by atomic mass is 10.1. The summed E-state index contributed by atoms with van der Waals surface area (Å²) < 4.78 is 44.3. The van der Waals surface area contributed by atoms with Crippen LogP contribution < -0.4 is 4.90 Å². The van der Waals surface area contributed by atoms with Crippen LogP contribution in [-0.4, -0.2) is 23.5 Å². The van der Waals surface area contributed by atoms with E-state index < -0.39 is 18.1 Å². The first-order valence-electron chi connectivity index (χ1n) is 6.65. The normalized spacial score (nSPS) is 17.7. The van der Waals surface area contributed by atoms with Gasteiger partial charge < -0.3 is 4.74 Å². The highest BCUT2D eigenvalue weighted by molar-refractivity contribution is 5.78. The lowest BCUT2D eigenvalue weighted by molar-refractivity contribution is -0.141. The van der Waals surface area contributed by atoms with Crippen molar-refractivity contribution in [3.63, 3.8) is 0 Å². The minimum Gasteiger partial charge on any atom is -0.357 e. The first-order valence-corrected chi connectivity index (χ1v) is 6.65. The smallest absolute Gasteiger partial charge is 0.357 e. The summed E-state index contributed by atoms with van der Waals surface area (Å²) in [6.45, 7) is 1.40. The molecule has 2 heterocycles. The number of anilines is 2. The maximum absolute atomic E-state index is 13.0. The number of nitrogens with zero attached hydrogens (tertiary/aromatic N) is 2. The Balaban J connectivity index is 2.14. The van der Waals surface area contributed by atoms with E-state index in [4.69, 9.17) is 4.74 Å². The summed E-state index contributed by atoms with van der Waals surface area (Å²) in [4.78, 5) is 1.65. The van der Waals surface area contributed by atoms with Gasteiger partial charge in [-0.2, -0.15) is 18.3 Å². The van der Waals surface area contributed by atoms with E-state index in [1.165, 1.54) is 14.0 Å². The molecular formula is C15H14F3N3O. The van der Waals surface area contributed by atoms with Crippen LogP contribution in [0.15, 0.2) is 30.3 Å². The minimum absolute atomic E-state index is 0.0413. The molecule has 0 fully saturated rings. The molecule has 1 aliphatic rings. The molecule has 0 saturated carbocycles. The van der Waals surface area contributed by atoms with Crippen LogP contribution in [0, 0.1) is 6.92 Å². The van der Waals surface area contributed by atoms with Crippen LogP contribution in [0.25, 0.3) is 6.08 Å². The van der Waals surface area contributed by atoms with Crippen LogP contribution in [0.2, 0.25) is 0 Å². The standard InChI is InChI=1S/C15H14F3N3O/c1-9-13(15(16,17)18)19-20-14(9)21-11-6-4-3-5-10(11)7-8-12(21)22-2/h3-8,12H,1-2H3,(H,19,20). The summed E-state index contributed by atoms with van der Waals surface area (Å²) in [5, 5.41) is 5.96. The monoisotopic (exact) mass is 309 g/mol. The molecule has 0 amide bonds. The van der Waals surface area contributed by atoms with Crippen molar-refractivity contribution in [2.24, 2.45) is 0 Å². The molecule has 1 unspecified atom stereocenters. The summed E-state index contributed by atoms with van der Waals surface area (Å²) in [7, 11) is 1.50. The number of halogens is 3. The third-order valence-corrected chi connectivity index (χ3v) is 3.63. The van der Waals surface area contributed by atoms with E-state index >= 15 is 0 Å². The Morgan fingerprint density at radius 1 is 1.27 bits per heavy atom. The predicted molar refractivity (Wildman–Crippen MR) is 76.7 cm³/mol. The van der Waals surface area contributed by atoms with Crippen LogP contribution in [0.1, 0.15) is 16.8 Å². The summed E-state index contributed by atoms with van der Waals surface area (Å²) in [5.41, 5.74) is 0.843. The highest BCUT2D eigenvalue weighted by atomic mass is 19.4. The SMILES string of the molecule is COC1C=Cc2ccccc2N1c1n[nH]c(C(F)(F)F)c1C. The molecular weight excluding hydrogens is 295 g/mol. The summed E-state index contributed by atoms with van der Waals surface area (Å²) >= 11 is 0. The van der Waals surface area contributed by atoms with E-state index in [2.05, 4.69) is 10.2 Å². The van der Waals surface area contributed by atoms with E-state index in [0.29, 0.717) is 0 Å². The Morgan fingerprint density at radius 2 is 2.00 bits per heavy atom. The van der Waals surface area contributed by atoms with Crippen LogP contribution >= 0.6 is 0 Å². The molecule has 3 rings (SSSR count). The fraction of sp³-hybridized carbons (Fsp3) is 0.267. The van der Waals surface area contributed by atoms with Gasteiger partial charge in [-0.15, -0.1) is 0 Å². The number of hydrogen-bond donors (Lipinski definition) is 1. The zero-order chi connectivity index (χ0) is 15.9. The van der Waals surface area contributed by atoms with Crippen molar-refractivity contribution in [1.82, 2.24) is 10.2 Å². The fourth-order valence-corrected chi connectivity index (χ4v) is 2.57. The number of aromatic amines is 1. The summed E-state index contributed by atoms with van der Waals surface area (Å²) in [5.74, 6) is 0.205. The van der Waals surface area contributed by atoms with Crippen molar-refractivity contribution in [1.29, 1.82) is 0 Å². The van der Waals surface area contributed by atoms with E-state index in [0.717, 1.165) is 11.3 Å². The number of rotatable bonds is 2. The van der Waals surface area contributed by atoms with E-state index in [9.17, 15) is 13.2 Å². The van der Waals surface area contributed by atoms with E-state index in [1.807, 2.05) is 30.3 Å². The van der Waals surface area contributed by atoms with Crippen molar-refractivity contribution >= 4 is 17.6 Å². The quantitative estimate of drug-likeness (QED) is 0.915. The molecule has 1 atom stereocenters. The highest BCUT2D eigenvalue weighted by Crippen LogP contribution is 2.40.